The molecule has 1 aliphatic rings. The third-order valence-corrected chi connectivity index (χ3v) is 3.66. The van der Waals surface area contributed by atoms with Crippen LogP contribution in [0.4, 0.5) is 5.69 Å². The molecule has 19 heavy (non-hydrogen) atoms. The highest BCUT2D eigenvalue weighted by molar-refractivity contribution is 5.43. The summed E-state index contributed by atoms with van der Waals surface area (Å²) in [4.78, 5) is 2.33. The van der Waals surface area contributed by atoms with Gasteiger partial charge in [0.1, 0.15) is 18.5 Å². The second-order valence-electron chi connectivity index (χ2n) is 5.68. The molecule has 0 aliphatic carbocycles. The van der Waals surface area contributed by atoms with Crippen molar-refractivity contribution in [1.82, 2.24) is 4.90 Å². The van der Waals surface area contributed by atoms with Gasteiger partial charge in [0.15, 0.2) is 0 Å². The number of β-amino-alcohol motifs (C(OH)–C–C–N with tert-alkyl or cyclic N) is 1. The molecule has 1 aliphatic heterocycles. The Morgan fingerprint density at radius 1 is 1.47 bits per heavy atom. The summed E-state index contributed by atoms with van der Waals surface area (Å²) in [5, 5.41) is 10.0. The second-order valence-corrected chi connectivity index (χ2v) is 5.68. The van der Waals surface area contributed by atoms with Gasteiger partial charge in [-0.05, 0) is 31.4 Å². The molecule has 4 nitrogen and oxygen atoms in total. The van der Waals surface area contributed by atoms with Gasteiger partial charge in [-0.25, -0.2) is 0 Å². The van der Waals surface area contributed by atoms with Crippen LogP contribution in [0.2, 0.25) is 0 Å². The molecule has 3 unspecified atom stereocenters. The van der Waals surface area contributed by atoms with Gasteiger partial charge in [0.2, 0.25) is 0 Å². The average Bonchev–Trinajstić information content (AvgIpc) is 2.65. The molecule has 0 saturated carbocycles. The highest BCUT2D eigenvalue weighted by atomic mass is 16.5. The smallest absolute Gasteiger partial charge is 0.121 e. The Labute approximate surface area is 115 Å². The van der Waals surface area contributed by atoms with Gasteiger partial charge in [-0.15, -0.1) is 0 Å². The Morgan fingerprint density at radius 2 is 2.26 bits per heavy atom. The average molecular weight is 264 g/mol. The minimum atomic E-state index is -0.464. The second kappa shape index (κ2) is 6.26. The molecule has 106 valence electrons. The van der Waals surface area contributed by atoms with Gasteiger partial charge in [0.25, 0.3) is 0 Å². The molecular weight excluding hydrogens is 240 g/mol. The molecule has 1 aromatic rings. The summed E-state index contributed by atoms with van der Waals surface area (Å²) in [6.45, 7) is 6.52. The molecule has 1 heterocycles. The van der Waals surface area contributed by atoms with Crippen LogP contribution < -0.4 is 10.5 Å². The highest BCUT2D eigenvalue weighted by Crippen LogP contribution is 2.22. The van der Waals surface area contributed by atoms with Gasteiger partial charge in [0, 0.05) is 30.9 Å². The van der Waals surface area contributed by atoms with E-state index in [4.69, 9.17) is 10.5 Å². The van der Waals surface area contributed by atoms with Crippen LogP contribution in [0.25, 0.3) is 0 Å². The molecule has 0 bridgehead atoms. The van der Waals surface area contributed by atoms with Crippen LogP contribution in [0.3, 0.4) is 0 Å². The lowest BCUT2D eigenvalue weighted by Gasteiger charge is -2.24. The Kier molecular flexibility index (Phi) is 4.66. The van der Waals surface area contributed by atoms with E-state index in [1.54, 1.807) is 6.07 Å². The summed E-state index contributed by atoms with van der Waals surface area (Å²) >= 11 is 0. The number of aliphatic hydroxyl groups excluding tert-OH is 1. The van der Waals surface area contributed by atoms with E-state index >= 15 is 0 Å². The SMILES string of the molecule is CC1CC(C)N(CC(O)COc2cccc(N)c2)C1. The van der Waals surface area contributed by atoms with Crippen molar-refractivity contribution in [2.45, 2.75) is 32.4 Å². The Balaban J connectivity index is 1.77. The number of nitrogens with zero attached hydrogens (tertiary/aromatic N) is 1. The van der Waals surface area contributed by atoms with Crippen LogP contribution in [-0.2, 0) is 0 Å². The van der Waals surface area contributed by atoms with E-state index in [-0.39, 0.29) is 0 Å². The van der Waals surface area contributed by atoms with Crippen molar-refractivity contribution in [3.63, 3.8) is 0 Å². The normalized spacial score (nSPS) is 25.4. The van der Waals surface area contributed by atoms with Crippen molar-refractivity contribution in [3.05, 3.63) is 24.3 Å². The highest BCUT2D eigenvalue weighted by Gasteiger charge is 2.27. The maximum atomic E-state index is 10.0. The topological polar surface area (TPSA) is 58.7 Å². The number of hydrogen-bond acceptors (Lipinski definition) is 4. The first kappa shape index (κ1) is 14.2. The first-order valence-electron chi connectivity index (χ1n) is 6.95. The van der Waals surface area contributed by atoms with Crippen molar-refractivity contribution in [3.8, 4) is 5.75 Å². The number of benzene rings is 1. The number of likely N-dealkylation sites (tertiary alicyclic amines) is 1. The number of nitrogen functional groups attached to an aromatic ring is 1. The van der Waals surface area contributed by atoms with E-state index in [1.165, 1.54) is 6.42 Å². The fraction of sp³-hybridized carbons (Fsp3) is 0.600. The van der Waals surface area contributed by atoms with Crippen LogP contribution >= 0.6 is 0 Å². The lowest BCUT2D eigenvalue weighted by Crippen LogP contribution is -2.37. The minimum absolute atomic E-state index is 0.307. The van der Waals surface area contributed by atoms with Gasteiger partial charge in [0.05, 0.1) is 0 Å². The molecule has 0 amide bonds. The summed E-state index contributed by atoms with van der Waals surface area (Å²) in [5.74, 6) is 1.43. The maximum Gasteiger partial charge on any atom is 0.121 e. The van der Waals surface area contributed by atoms with E-state index in [0.717, 1.165) is 12.5 Å². The molecule has 1 saturated heterocycles. The first-order valence-corrected chi connectivity index (χ1v) is 6.95. The van der Waals surface area contributed by atoms with E-state index in [0.29, 0.717) is 30.6 Å². The lowest BCUT2D eigenvalue weighted by molar-refractivity contribution is 0.0655. The fourth-order valence-corrected chi connectivity index (χ4v) is 2.76. The standard InChI is InChI=1S/C15H24N2O2/c1-11-6-12(2)17(8-11)9-14(18)10-19-15-5-3-4-13(16)7-15/h3-5,7,11-12,14,18H,6,8-10,16H2,1-2H3. The summed E-state index contributed by atoms with van der Waals surface area (Å²) in [6, 6.07) is 7.84. The van der Waals surface area contributed by atoms with Gasteiger partial charge >= 0.3 is 0 Å². The van der Waals surface area contributed by atoms with Gasteiger partial charge in [-0.1, -0.05) is 13.0 Å². The van der Waals surface area contributed by atoms with E-state index in [1.807, 2.05) is 18.2 Å². The largest absolute Gasteiger partial charge is 0.491 e. The Hall–Kier alpha value is -1.26. The maximum absolute atomic E-state index is 10.0. The third-order valence-electron chi connectivity index (χ3n) is 3.66. The van der Waals surface area contributed by atoms with Crippen molar-refractivity contribution < 1.29 is 9.84 Å². The van der Waals surface area contributed by atoms with Crippen molar-refractivity contribution >= 4 is 5.69 Å². The molecule has 0 aromatic heterocycles. The van der Waals surface area contributed by atoms with Crippen molar-refractivity contribution in [2.24, 2.45) is 5.92 Å². The summed E-state index contributed by atoms with van der Waals surface area (Å²) in [6.07, 6.45) is 0.747. The van der Waals surface area contributed by atoms with Gasteiger partial charge < -0.3 is 15.6 Å². The number of ether oxygens (including phenoxy) is 1. The zero-order chi connectivity index (χ0) is 13.8. The Bertz CT molecular complexity index is 411. The first-order chi connectivity index (χ1) is 9.04. The predicted octanol–water partition coefficient (Wildman–Crippen LogP) is 1.74. The van der Waals surface area contributed by atoms with E-state index in [2.05, 4.69) is 18.7 Å². The fourth-order valence-electron chi connectivity index (χ4n) is 2.76. The van der Waals surface area contributed by atoms with Gasteiger partial charge in [-0.2, -0.15) is 0 Å². The number of nitrogens with two attached hydrogens (primary N) is 1. The molecular formula is C15H24N2O2. The monoisotopic (exact) mass is 264 g/mol. The molecule has 2 rings (SSSR count). The van der Waals surface area contributed by atoms with Crippen LogP contribution in [-0.4, -0.2) is 41.8 Å². The van der Waals surface area contributed by atoms with Crippen LogP contribution in [0.1, 0.15) is 20.3 Å². The molecule has 4 heteroatoms. The van der Waals surface area contributed by atoms with E-state index in [9.17, 15) is 5.11 Å². The Morgan fingerprint density at radius 3 is 2.89 bits per heavy atom. The molecule has 3 atom stereocenters. The van der Waals surface area contributed by atoms with Crippen LogP contribution in [0.15, 0.2) is 24.3 Å². The van der Waals surface area contributed by atoms with Gasteiger partial charge in [-0.3, -0.25) is 4.90 Å². The number of anilines is 1. The number of hydrogen-bond donors (Lipinski definition) is 2. The summed E-state index contributed by atoms with van der Waals surface area (Å²) in [5.41, 5.74) is 6.35. The van der Waals surface area contributed by atoms with Crippen molar-refractivity contribution in [2.75, 3.05) is 25.4 Å². The van der Waals surface area contributed by atoms with Crippen LogP contribution in [0.5, 0.6) is 5.75 Å². The molecule has 0 radical (unpaired) electrons. The van der Waals surface area contributed by atoms with E-state index < -0.39 is 6.10 Å². The quantitative estimate of drug-likeness (QED) is 0.795. The molecule has 3 N–H and O–H groups in total. The number of rotatable bonds is 5. The number of aliphatic hydroxyl groups is 1. The molecule has 1 aromatic carbocycles. The van der Waals surface area contributed by atoms with Crippen LogP contribution in [0, 0.1) is 5.92 Å². The lowest BCUT2D eigenvalue weighted by atomic mass is 10.1. The predicted molar refractivity (Wildman–Crippen MR) is 77.2 cm³/mol. The molecule has 0 spiro atoms. The molecule has 1 fully saturated rings. The zero-order valence-corrected chi connectivity index (χ0v) is 11.7. The summed E-state index contributed by atoms with van der Waals surface area (Å²) in [7, 11) is 0. The minimum Gasteiger partial charge on any atom is -0.491 e. The summed E-state index contributed by atoms with van der Waals surface area (Å²) < 4.78 is 5.56. The third kappa shape index (κ3) is 4.11. The van der Waals surface area contributed by atoms with Crippen molar-refractivity contribution in [1.29, 1.82) is 0 Å². The zero-order valence-electron chi connectivity index (χ0n) is 11.7.